The smallest absolute Gasteiger partial charge is 0.212 e. The number of ether oxygens (including phenoxy) is 2. The normalized spacial score (nSPS) is 28.0. The van der Waals surface area contributed by atoms with E-state index in [4.69, 9.17) is 9.47 Å². The first-order chi connectivity index (χ1) is 12.6. The molecular weight excluding hydrogens is 350 g/mol. The third kappa shape index (κ3) is 3.39. The van der Waals surface area contributed by atoms with Crippen molar-refractivity contribution in [2.45, 2.75) is 25.0 Å². The van der Waals surface area contributed by atoms with Crippen LogP contribution in [-0.2, 0) is 25.9 Å². The Morgan fingerprint density at radius 2 is 2.00 bits per heavy atom. The molecule has 1 heterocycles. The second kappa shape index (κ2) is 7.27. The van der Waals surface area contributed by atoms with E-state index in [9.17, 15) is 8.42 Å². The Kier molecular flexibility index (Phi) is 5.01. The SMILES string of the molecule is COC[C@@H]1[C@@H](NS(=O)(=O)CCc2cccc3ccccc23)[C@@H]2CCO[C@H]12. The van der Waals surface area contributed by atoms with Crippen LogP contribution in [0.2, 0.25) is 0 Å². The maximum absolute atomic E-state index is 12.7. The van der Waals surface area contributed by atoms with E-state index >= 15 is 0 Å². The summed E-state index contributed by atoms with van der Waals surface area (Å²) in [4.78, 5) is 0. The number of sulfonamides is 1. The van der Waals surface area contributed by atoms with Crippen molar-refractivity contribution < 1.29 is 17.9 Å². The quantitative estimate of drug-likeness (QED) is 0.807. The molecule has 1 N–H and O–H groups in total. The molecule has 0 aromatic heterocycles. The molecule has 0 radical (unpaired) electrons. The van der Waals surface area contributed by atoms with E-state index < -0.39 is 10.0 Å². The van der Waals surface area contributed by atoms with Gasteiger partial charge in [0.25, 0.3) is 0 Å². The average molecular weight is 375 g/mol. The fraction of sp³-hybridized carbons (Fsp3) is 0.500. The van der Waals surface area contributed by atoms with Crippen LogP contribution in [0.4, 0.5) is 0 Å². The third-order valence-electron chi connectivity index (χ3n) is 5.72. The third-order valence-corrected chi connectivity index (χ3v) is 7.10. The Balaban J connectivity index is 1.44. The monoisotopic (exact) mass is 375 g/mol. The van der Waals surface area contributed by atoms with Gasteiger partial charge in [0.05, 0.1) is 18.5 Å². The van der Waals surface area contributed by atoms with E-state index in [1.165, 1.54) is 0 Å². The minimum atomic E-state index is -3.36. The lowest BCUT2D eigenvalue weighted by Crippen LogP contribution is -2.62. The highest BCUT2D eigenvalue weighted by Crippen LogP contribution is 2.44. The second-order valence-electron chi connectivity index (χ2n) is 7.26. The molecule has 4 rings (SSSR count). The first kappa shape index (κ1) is 17.9. The molecule has 1 aliphatic carbocycles. The molecule has 0 unspecified atom stereocenters. The Morgan fingerprint density at radius 3 is 2.85 bits per heavy atom. The van der Waals surface area contributed by atoms with Crippen molar-refractivity contribution >= 4 is 20.8 Å². The largest absolute Gasteiger partial charge is 0.384 e. The molecule has 0 bridgehead atoms. The average Bonchev–Trinajstić information content (AvgIpc) is 3.07. The van der Waals surface area contributed by atoms with Crippen molar-refractivity contribution in [1.29, 1.82) is 0 Å². The van der Waals surface area contributed by atoms with Crippen molar-refractivity contribution in [3.8, 4) is 0 Å². The van der Waals surface area contributed by atoms with Gasteiger partial charge in [0, 0.05) is 31.6 Å². The summed E-state index contributed by atoms with van der Waals surface area (Å²) < 4.78 is 39.3. The number of methoxy groups -OCH3 is 1. The van der Waals surface area contributed by atoms with Crippen LogP contribution >= 0.6 is 0 Å². The Labute approximate surface area is 154 Å². The zero-order chi connectivity index (χ0) is 18.1. The summed E-state index contributed by atoms with van der Waals surface area (Å²) >= 11 is 0. The zero-order valence-electron chi connectivity index (χ0n) is 14.9. The molecule has 6 heteroatoms. The molecule has 1 saturated carbocycles. The number of nitrogens with one attached hydrogen (secondary N) is 1. The molecule has 0 amide bonds. The van der Waals surface area contributed by atoms with Gasteiger partial charge in [-0.2, -0.15) is 0 Å². The number of fused-ring (bicyclic) bond motifs is 2. The summed E-state index contributed by atoms with van der Waals surface area (Å²) in [6, 6.07) is 14.1. The highest BCUT2D eigenvalue weighted by molar-refractivity contribution is 7.89. The van der Waals surface area contributed by atoms with Gasteiger partial charge in [0.1, 0.15) is 0 Å². The predicted octanol–water partition coefficient (Wildman–Crippen LogP) is 2.35. The summed E-state index contributed by atoms with van der Waals surface area (Å²) in [6.45, 7) is 1.24. The van der Waals surface area contributed by atoms with Crippen molar-refractivity contribution in [2.75, 3.05) is 26.1 Å². The Hall–Kier alpha value is -1.47. The van der Waals surface area contributed by atoms with Gasteiger partial charge in [-0.05, 0) is 29.2 Å². The van der Waals surface area contributed by atoms with Crippen molar-refractivity contribution in [3.05, 3.63) is 48.0 Å². The number of hydrogen-bond donors (Lipinski definition) is 1. The molecule has 26 heavy (non-hydrogen) atoms. The lowest BCUT2D eigenvalue weighted by Gasteiger charge is -2.47. The van der Waals surface area contributed by atoms with E-state index in [2.05, 4.69) is 16.9 Å². The van der Waals surface area contributed by atoms with Crippen LogP contribution in [0.1, 0.15) is 12.0 Å². The van der Waals surface area contributed by atoms with Crippen LogP contribution in [0.25, 0.3) is 10.8 Å². The first-order valence-electron chi connectivity index (χ1n) is 9.16. The predicted molar refractivity (Wildman–Crippen MR) is 102 cm³/mol. The van der Waals surface area contributed by atoms with Gasteiger partial charge in [-0.1, -0.05) is 42.5 Å². The molecule has 0 spiro atoms. The topological polar surface area (TPSA) is 64.6 Å². The van der Waals surface area contributed by atoms with E-state index in [1.54, 1.807) is 7.11 Å². The summed E-state index contributed by atoms with van der Waals surface area (Å²) in [5, 5.41) is 2.26. The summed E-state index contributed by atoms with van der Waals surface area (Å²) in [7, 11) is -1.71. The summed E-state index contributed by atoms with van der Waals surface area (Å²) in [5.74, 6) is 0.484. The molecule has 140 valence electrons. The summed E-state index contributed by atoms with van der Waals surface area (Å²) in [5.41, 5.74) is 1.07. The molecule has 1 aliphatic heterocycles. The van der Waals surface area contributed by atoms with E-state index in [0.29, 0.717) is 19.6 Å². The van der Waals surface area contributed by atoms with E-state index in [-0.39, 0.29) is 29.7 Å². The second-order valence-corrected chi connectivity index (χ2v) is 9.13. The van der Waals surface area contributed by atoms with Crippen LogP contribution in [0, 0.1) is 11.8 Å². The van der Waals surface area contributed by atoms with Gasteiger partial charge in [0.15, 0.2) is 0 Å². The van der Waals surface area contributed by atoms with Gasteiger partial charge in [-0.15, -0.1) is 0 Å². The lowest BCUT2D eigenvalue weighted by atomic mass is 9.68. The van der Waals surface area contributed by atoms with Gasteiger partial charge >= 0.3 is 0 Å². The zero-order valence-corrected chi connectivity index (χ0v) is 15.7. The standard InChI is InChI=1S/C20H25NO4S/c1-24-13-18-19(17-9-11-25-20(17)18)21-26(22,23)12-10-15-7-4-6-14-5-2-3-8-16(14)15/h2-8,17-21H,9-13H2,1H3/t17-,18+,19-,20-/m0/s1. The fourth-order valence-electron chi connectivity index (χ4n) is 4.42. The molecule has 2 aliphatic rings. The van der Waals surface area contributed by atoms with Crippen molar-refractivity contribution in [1.82, 2.24) is 4.72 Å². The molecule has 2 fully saturated rings. The van der Waals surface area contributed by atoms with Crippen LogP contribution in [0.3, 0.4) is 0 Å². The minimum Gasteiger partial charge on any atom is -0.384 e. The number of aryl methyl sites for hydroxylation is 1. The minimum absolute atomic E-state index is 0.0695. The highest BCUT2D eigenvalue weighted by Gasteiger charge is 2.54. The van der Waals surface area contributed by atoms with E-state index in [1.807, 2.05) is 30.3 Å². The highest BCUT2D eigenvalue weighted by atomic mass is 32.2. The fourth-order valence-corrected chi connectivity index (χ4v) is 5.79. The maximum atomic E-state index is 12.7. The summed E-state index contributed by atoms with van der Waals surface area (Å²) in [6.07, 6.45) is 1.56. The van der Waals surface area contributed by atoms with Crippen molar-refractivity contribution in [3.63, 3.8) is 0 Å². The molecule has 1 saturated heterocycles. The van der Waals surface area contributed by atoms with Gasteiger partial charge in [-0.25, -0.2) is 13.1 Å². The molecular formula is C20H25NO4S. The van der Waals surface area contributed by atoms with Crippen LogP contribution in [0.15, 0.2) is 42.5 Å². The van der Waals surface area contributed by atoms with Crippen LogP contribution in [0.5, 0.6) is 0 Å². The van der Waals surface area contributed by atoms with E-state index in [0.717, 1.165) is 22.8 Å². The van der Waals surface area contributed by atoms with Crippen molar-refractivity contribution in [2.24, 2.45) is 11.8 Å². The molecule has 2 aromatic rings. The van der Waals surface area contributed by atoms with Crippen LogP contribution < -0.4 is 4.72 Å². The number of benzene rings is 2. The van der Waals surface area contributed by atoms with Crippen LogP contribution in [-0.4, -0.2) is 46.6 Å². The molecule has 2 aromatic carbocycles. The van der Waals surface area contributed by atoms with Gasteiger partial charge < -0.3 is 9.47 Å². The number of hydrogen-bond acceptors (Lipinski definition) is 4. The number of rotatable bonds is 7. The maximum Gasteiger partial charge on any atom is 0.212 e. The molecule has 4 atom stereocenters. The van der Waals surface area contributed by atoms with Gasteiger partial charge in [-0.3, -0.25) is 0 Å². The first-order valence-corrected chi connectivity index (χ1v) is 10.8. The Bertz CT molecular complexity index is 877. The lowest BCUT2D eigenvalue weighted by molar-refractivity contribution is -0.0775. The molecule has 5 nitrogen and oxygen atoms in total. The van der Waals surface area contributed by atoms with Gasteiger partial charge in [0.2, 0.25) is 10.0 Å². The Morgan fingerprint density at radius 1 is 1.19 bits per heavy atom.